The first-order valence-electron chi connectivity index (χ1n) is 5.66. The summed E-state index contributed by atoms with van der Waals surface area (Å²) >= 11 is 3.30. The fraction of sp³-hybridized carbons (Fsp3) is 0.143. The highest BCUT2D eigenvalue weighted by Gasteiger charge is 2.16. The molecule has 2 aromatic rings. The number of ketones is 1. The van der Waals surface area contributed by atoms with Crippen LogP contribution in [0.5, 0.6) is 5.75 Å². The highest BCUT2D eigenvalue weighted by atomic mass is 79.9. The standard InChI is InChI=1S/C14H10BrNO2/c15-11-2-3-12(16-8-11)14(17)10-1-4-13-9(7-10)5-6-18-13/h1-4,7-8H,5-6H2. The highest BCUT2D eigenvalue weighted by molar-refractivity contribution is 9.10. The lowest BCUT2D eigenvalue weighted by molar-refractivity contribution is 0.103. The van der Waals surface area contributed by atoms with Gasteiger partial charge in [-0.2, -0.15) is 0 Å². The second-order valence-electron chi connectivity index (χ2n) is 4.11. The minimum atomic E-state index is -0.0581. The molecular formula is C14H10BrNO2. The summed E-state index contributed by atoms with van der Waals surface area (Å²) in [5.74, 6) is 0.826. The Hall–Kier alpha value is -1.68. The van der Waals surface area contributed by atoms with E-state index in [9.17, 15) is 4.79 Å². The van der Waals surface area contributed by atoms with Gasteiger partial charge in [0.25, 0.3) is 0 Å². The SMILES string of the molecule is O=C(c1ccc2c(c1)CCO2)c1ccc(Br)cn1. The Morgan fingerprint density at radius 3 is 2.94 bits per heavy atom. The third kappa shape index (κ3) is 2.04. The molecule has 0 aliphatic carbocycles. The van der Waals surface area contributed by atoms with Gasteiger partial charge >= 0.3 is 0 Å². The molecule has 2 heterocycles. The minimum Gasteiger partial charge on any atom is -0.493 e. The van der Waals surface area contributed by atoms with Gasteiger partial charge in [-0.15, -0.1) is 0 Å². The molecule has 0 saturated carbocycles. The second-order valence-corrected chi connectivity index (χ2v) is 5.03. The molecule has 0 saturated heterocycles. The Kier molecular flexibility index (Phi) is 2.88. The predicted molar refractivity (Wildman–Crippen MR) is 71.0 cm³/mol. The molecule has 18 heavy (non-hydrogen) atoms. The van der Waals surface area contributed by atoms with Crippen molar-refractivity contribution in [2.75, 3.05) is 6.61 Å². The molecule has 0 radical (unpaired) electrons. The quantitative estimate of drug-likeness (QED) is 0.801. The zero-order valence-corrected chi connectivity index (χ0v) is 11.1. The van der Waals surface area contributed by atoms with E-state index in [2.05, 4.69) is 20.9 Å². The van der Waals surface area contributed by atoms with E-state index in [0.29, 0.717) is 17.9 Å². The fourth-order valence-corrected chi connectivity index (χ4v) is 2.22. The van der Waals surface area contributed by atoms with Crippen LogP contribution in [0.25, 0.3) is 0 Å². The monoisotopic (exact) mass is 303 g/mol. The molecule has 1 aliphatic rings. The number of carbonyl (C=O) groups excluding carboxylic acids is 1. The van der Waals surface area contributed by atoms with Crippen LogP contribution in [-0.4, -0.2) is 17.4 Å². The van der Waals surface area contributed by atoms with Gasteiger partial charge in [0.15, 0.2) is 0 Å². The Bertz CT molecular complexity index is 608. The summed E-state index contributed by atoms with van der Waals surface area (Å²) in [4.78, 5) is 16.4. The lowest BCUT2D eigenvalue weighted by Crippen LogP contribution is -2.04. The molecule has 0 fully saturated rings. The Morgan fingerprint density at radius 1 is 1.28 bits per heavy atom. The van der Waals surface area contributed by atoms with Gasteiger partial charge in [0.05, 0.1) is 6.61 Å². The summed E-state index contributed by atoms with van der Waals surface area (Å²) in [6.45, 7) is 0.698. The topological polar surface area (TPSA) is 39.2 Å². The summed E-state index contributed by atoms with van der Waals surface area (Å²) < 4.78 is 6.28. The predicted octanol–water partition coefficient (Wildman–Crippen LogP) is 3.01. The van der Waals surface area contributed by atoms with Crippen LogP contribution in [0.4, 0.5) is 0 Å². The van der Waals surface area contributed by atoms with Crippen LogP contribution in [0.2, 0.25) is 0 Å². The van der Waals surface area contributed by atoms with Crippen LogP contribution < -0.4 is 4.74 Å². The lowest BCUT2D eigenvalue weighted by atomic mass is 10.0. The molecule has 3 rings (SSSR count). The molecule has 0 amide bonds. The van der Waals surface area contributed by atoms with Gasteiger partial charge < -0.3 is 4.74 Å². The van der Waals surface area contributed by atoms with Crippen LogP contribution >= 0.6 is 15.9 Å². The first-order valence-corrected chi connectivity index (χ1v) is 6.45. The van der Waals surface area contributed by atoms with Crippen LogP contribution in [0.1, 0.15) is 21.6 Å². The van der Waals surface area contributed by atoms with E-state index in [1.54, 1.807) is 18.3 Å². The Balaban J connectivity index is 1.95. The summed E-state index contributed by atoms with van der Waals surface area (Å²) in [5.41, 5.74) is 2.21. The van der Waals surface area contributed by atoms with Crippen LogP contribution in [-0.2, 0) is 6.42 Å². The van der Waals surface area contributed by atoms with Crippen molar-refractivity contribution in [2.24, 2.45) is 0 Å². The van der Waals surface area contributed by atoms with Crippen molar-refractivity contribution in [1.29, 1.82) is 0 Å². The number of halogens is 1. The Morgan fingerprint density at radius 2 is 2.17 bits per heavy atom. The largest absolute Gasteiger partial charge is 0.493 e. The summed E-state index contributed by atoms with van der Waals surface area (Å²) in [5, 5.41) is 0. The number of fused-ring (bicyclic) bond motifs is 1. The van der Waals surface area contributed by atoms with E-state index in [1.807, 2.05) is 18.2 Å². The van der Waals surface area contributed by atoms with Gasteiger partial charge in [-0.25, -0.2) is 0 Å². The average molecular weight is 304 g/mol. The van der Waals surface area contributed by atoms with Gasteiger partial charge in [-0.05, 0) is 51.8 Å². The van der Waals surface area contributed by atoms with Crippen molar-refractivity contribution in [3.05, 3.63) is 57.8 Å². The van der Waals surface area contributed by atoms with E-state index in [-0.39, 0.29) is 5.78 Å². The molecule has 90 valence electrons. The summed E-state index contributed by atoms with van der Waals surface area (Å²) in [6.07, 6.45) is 2.49. The number of carbonyl (C=O) groups is 1. The van der Waals surface area contributed by atoms with E-state index in [0.717, 1.165) is 22.2 Å². The van der Waals surface area contributed by atoms with Gasteiger partial charge in [-0.1, -0.05) is 0 Å². The van der Waals surface area contributed by atoms with E-state index in [4.69, 9.17) is 4.74 Å². The molecular weight excluding hydrogens is 294 g/mol. The maximum absolute atomic E-state index is 12.2. The number of ether oxygens (including phenoxy) is 1. The number of hydrogen-bond acceptors (Lipinski definition) is 3. The summed E-state index contributed by atoms with van der Waals surface area (Å²) in [6, 6.07) is 9.08. The molecule has 4 heteroatoms. The lowest BCUT2D eigenvalue weighted by Gasteiger charge is -2.03. The molecule has 0 N–H and O–H groups in total. The van der Waals surface area contributed by atoms with Crippen molar-refractivity contribution in [2.45, 2.75) is 6.42 Å². The van der Waals surface area contributed by atoms with Crippen molar-refractivity contribution < 1.29 is 9.53 Å². The van der Waals surface area contributed by atoms with Gasteiger partial charge in [0.1, 0.15) is 11.4 Å². The highest BCUT2D eigenvalue weighted by Crippen LogP contribution is 2.26. The number of benzene rings is 1. The van der Waals surface area contributed by atoms with Crippen molar-refractivity contribution >= 4 is 21.7 Å². The first kappa shape index (κ1) is 11.4. The van der Waals surface area contributed by atoms with E-state index in [1.165, 1.54) is 0 Å². The zero-order chi connectivity index (χ0) is 12.5. The van der Waals surface area contributed by atoms with Crippen LogP contribution in [0, 0.1) is 0 Å². The number of aromatic nitrogens is 1. The van der Waals surface area contributed by atoms with Crippen LogP contribution in [0.15, 0.2) is 41.0 Å². The normalized spacial score (nSPS) is 12.9. The van der Waals surface area contributed by atoms with Gasteiger partial charge in [-0.3, -0.25) is 9.78 Å². The van der Waals surface area contributed by atoms with E-state index >= 15 is 0 Å². The first-order chi connectivity index (χ1) is 8.74. The van der Waals surface area contributed by atoms with E-state index < -0.39 is 0 Å². The van der Waals surface area contributed by atoms with Crippen LogP contribution in [0.3, 0.4) is 0 Å². The fourth-order valence-electron chi connectivity index (χ4n) is 1.99. The smallest absolute Gasteiger partial charge is 0.211 e. The van der Waals surface area contributed by atoms with Crippen molar-refractivity contribution in [3.63, 3.8) is 0 Å². The molecule has 0 bridgehead atoms. The Labute approximate surface area is 113 Å². The molecule has 1 aromatic carbocycles. The van der Waals surface area contributed by atoms with Gasteiger partial charge in [0.2, 0.25) is 5.78 Å². The molecule has 3 nitrogen and oxygen atoms in total. The molecule has 0 atom stereocenters. The maximum atomic E-state index is 12.2. The number of nitrogens with zero attached hydrogens (tertiary/aromatic N) is 1. The minimum absolute atomic E-state index is 0.0581. The number of rotatable bonds is 2. The third-order valence-electron chi connectivity index (χ3n) is 2.91. The molecule has 0 spiro atoms. The second kappa shape index (κ2) is 4.53. The number of hydrogen-bond donors (Lipinski definition) is 0. The summed E-state index contributed by atoms with van der Waals surface area (Å²) in [7, 11) is 0. The third-order valence-corrected chi connectivity index (χ3v) is 3.38. The maximum Gasteiger partial charge on any atom is 0.211 e. The zero-order valence-electron chi connectivity index (χ0n) is 9.52. The van der Waals surface area contributed by atoms with Gasteiger partial charge in [0, 0.05) is 22.7 Å². The molecule has 1 aromatic heterocycles. The average Bonchev–Trinajstić information content (AvgIpc) is 2.86. The molecule has 0 unspecified atom stereocenters. The molecule has 1 aliphatic heterocycles. The van der Waals surface area contributed by atoms with Crippen molar-refractivity contribution in [3.8, 4) is 5.75 Å². The van der Waals surface area contributed by atoms with Crippen molar-refractivity contribution in [1.82, 2.24) is 4.98 Å². The number of pyridine rings is 1.